The standard InChI is InChI=1S/C17H12N4OS2/c22-17(12-3-4-13-14(9-12)21-24-20-13)19-10-11-5-6-18-15(8-11)16-2-1-7-23-16/h1-9H,10H2,(H,19,22). The quantitative estimate of drug-likeness (QED) is 0.607. The molecule has 0 aliphatic heterocycles. The van der Waals surface area contributed by atoms with Gasteiger partial charge in [0.05, 0.1) is 22.3 Å². The van der Waals surface area contributed by atoms with E-state index in [0.29, 0.717) is 12.1 Å². The lowest BCUT2D eigenvalue weighted by Gasteiger charge is -2.06. The number of aromatic nitrogens is 3. The van der Waals surface area contributed by atoms with Crippen molar-refractivity contribution in [2.45, 2.75) is 6.54 Å². The molecule has 3 heterocycles. The lowest BCUT2D eigenvalue weighted by molar-refractivity contribution is 0.0951. The molecular formula is C17H12N4OS2. The first-order valence-electron chi connectivity index (χ1n) is 7.29. The zero-order chi connectivity index (χ0) is 16.4. The Kier molecular flexibility index (Phi) is 4.02. The van der Waals surface area contributed by atoms with Crippen LogP contribution in [0.25, 0.3) is 21.6 Å². The molecule has 3 aromatic heterocycles. The number of rotatable bonds is 4. The summed E-state index contributed by atoms with van der Waals surface area (Å²) in [5.74, 6) is -0.126. The van der Waals surface area contributed by atoms with Gasteiger partial charge in [0.15, 0.2) is 0 Å². The summed E-state index contributed by atoms with van der Waals surface area (Å²) in [6, 6.07) is 13.3. The maximum Gasteiger partial charge on any atom is 0.251 e. The minimum Gasteiger partial charge on any atom is -0.348 e. The molecule has 0 bridgehead atoms. The highest BCUT2D eigenvalue weighted by atomic mass is 32.1. The molecule has 0 aliphatic rings. The predicted octanol–water partition coefficient (Wildman–Crippen LogP) is 3.74. The van der Waals surface area contributed by atoms with Gasteiger partial charge >= 0.3 is 0 Å². The van der Waals surface area contributed by atoms with Crippen molar-refractivity contribution in [2.24, 2.45) is 0 Å². The van der Waals surface area contributed by atoms with Crippen molar-refractivity contribution in [3.05, 3.63) is 65.2 Å². The average Bonchev–Trinajstić information content (AvgIpc) is 3.30. The van der Waals surface area contributed by atoms with Crippen LogP contribution in [0.2, 0.25) is 0 Å². The van der Waals surface area contributed by atoms with E-state index in [-0.39, 0.29) is 5.91 Å². The molecule has 0 saturated carbocycles. The third kappa shape index (κ3) is 3.04. The molecule has 0 unspecified atom stereocenters. The second kappa shape index (κ2) is 6.46. The molecule has 0 radical (unpaired) electrons. The second-order valence-corrected chi connectivity index (χ2v) is 6.65. The SMILES string of the molecule is O=C(NCc1ccnc(-c2cccs2)c1)c1ccc2nsnc2c1. The molecule has 1 N–H and O–H groups in total. The number of nitrogens with one attached hydrogen (secondary N) is 1. The van der Waals surface area contributed by atoms with Crippen LogP contribution in [0.5, 0.6) is 0 Å². The van der Waals surface area contributed by atoms with Gasteiger partial charge in [0.2, 0.25) is 0 Å². The molecular weight excluding hydrogens is 340 g/mol. The van der Waals surface area contributed by atoms with Gasteiger partial charge in [-0.05, 0) is 47.3 Å². The molecule has 0 atom stereocenters. The van der Waals surface area contributed by atoms with Crippen LogP contribution in [0.15, 0.2) is 54.0 Å². The molecule has 5 nitrogen and oxygen atoms in total. The van der Waals surface area contributed by atoms with Gasteiger partial charge in [-0.1, -0.05) is 6.07 Å². The third-order valence-corrected chi connectivity index (χ3v) is 5.02. The van der Waals surface area contributed by atoms with Crippen molar-refractivity contribution in [3.8, 4) is 10.6 Å². The van der Waals surface area contributed by atoms with Crippen molar-refractivity contribution in [1.82, 2.24) is 19.0 Å². The van der Waals surface area contributed by atoms with E-state index in [1.807, 2.05) is 35.7 Å². The monoisotopic (exact) mass is 352 g/mol. The van der Waals surface area contributed by atoms with Gasteiger partial charge in [0.25, 0.3) is 5.91 Å². The first kappa shape index (κ1) is 14.9. The highest BCUT2D eigenvalue weighted by Crippen LogP contribution is 2.23. The smallest absolute Gasteiger partial charge is 0.251 e. The van der Waals surface area contributed by atoms with E-state index < -0.39 is 0 Å². The Morgan fingerprint density at radius 1 is 1.08 bits per heavy atom. The van der Waals surface area contributed by atoms with Gasteiger partial charge in [-0.2, -0.15) is 8.75 Å². The molecule has 0 saturated heterocycles. The first-order chi connectivity index (χ1) is 11.8. The minimum absolute atomic E-state index is 0.126. The Morgan fingerprint density at radius 2 is 2.00 bits per heavy atom. The maximum atomic E-state index is 12.3. The Hall–Kier alpha value is -2.64. The van der Waals surface area contributed by atoms with Crippen LogP contribution in [0.3, 0.4) is 0 Å². The summed E-state index contributed by atoms with van der Waals surface area (Å²) in [5.41, 5.74) is 4.08. The van der Waals surface area contributed by atoms with Crippen LogP contribution in [0.4, 0.5) is 0 Å². The number of nitrogens with zero attached hydrogens (tertiary/aromatic N) is 3. The van der Waals surface area contributed by atoms with E-state index in [9.17, 15) is 4.79 Å². The number of hydrogen-bond donors (Lipinski definition) is 1. The molecule has 1 amide bonds. The van der Waals surface area contributed by atoms with Crippen LogP contribution < -0.4 is 5.32 Å². The fourth-order valence-corrected chi connectivity index (χ4v) is 3.56. The summed E-state index contributed by atoms with van der Waals surface area (Å²) < 4.78 is 8.30. The lowest BCUT2D eigenvalue weighted by atomic mass is 10.1. The molecule has 1 aromatic carbocycles. The highest BCUT2D eigenvalue weighted by molar-refractivity contribution is 7.13. The van der Waals surface area contributed by atoms with Crippen LogP contribution in [0, 0.1) is 0 Å². The number of carbonyl (C=O) groups excluding carboxylic acids is 1. The Balaban J connectivity index is 1.48. The van der Waals surface area contributed by atoms with Gasteiger partial charge in [0, 0.05) is 18.3 Å². The van der Waals surface area contributed by atoms with E-state index in [1.54, 1.807) is 29.7 Å². The lowest BCUT2D eigenvalue weighted by Crippen LogP contribution is -2.22. The van der Waals surface area contributed by atoms with E-state index in [2.05, 4.69) is 19.0 Å². The molecule has 4 aromatic rings. The maximum absolute atomic E-state index is 12.3. The van der Waals surface area contributed by atoms with Gasteiger partial charge in [-0.25, -0.2) is 0 Å². The van der Waals surface area contributed by atoms with Crippen molar-refractivity contribution in [3.63, 3.8) is 0 Å². The van der Waals surface area contributed by atoms with E-state index in [4.69, 9.17) is 0 Å². The topological polar surface area (TPSA) is 67.8 Å². The normalized spacial score (nSPS) is 10.8. The van der Waals surface area contributed by atoms with Gasteiger partial charge < -0.3 is 5.32 Å². The molecule has 24 heavy (non-hydrogen) atoms. The first-order valence-corrected chi connectivity index (χ1v) is 8.90. The fourth-order valence-electron chi connectivity index (χ4n) is 2.35. The average molecular weight is 352 g/mol. The minimum atomic E-state index is -0.126. The Morgan fingerprint density at radius 3 is 2.88 bits per heavy atom. The predicted molar refractivity (Wildman–Crippen MR) is 96.1 cm³/mol. The summed E-state index contributed by atoms with van der Waals surface area (Å²) >= 11 is 2.79. The van der Waals surface area contributed by atoms with Crippen molar-refractivity contribution in [1.29, 1.82) is 0 Å². The zero-order valence-corrected chi connectivity index (χ0v) is 14.1. The van der Waals surface area contributed by atoms with E-state index in [1.165, 1.54) is 0 Å². The molecule has 0 aliphatic carbocycles. The third-order valence-electron chi connectivity index (χ3n) is 3.57. The number of pyridine rings is 1. The Labute approximate surface area is 146 Å². The number of benzene rings is 1. The number of amides is 1. The van der Waals surface area contributed by atoms with Crippen molar-refractivity contribution < 1.29 is 4.79 Å². The van der Waals surface area contributed by atoms with Gasteiger partial charge in [-0.15, -0.1) is 11.3 Å². The number of carbonyl (C=O) groups is 1. The summed E-state index contributed by atoms with van der Waals surface area (Å²) in [5, 5.41) is 4.96. The Bertz CT molecular complexity index is 995. The van der Waals surface area contributed by atoms with Gasteiger partial charge in [-0.3, -0.25) is 9.78 Å². The molecule has 7 heteroatoms. The summed E-state index contributed by atoms with van der Waals surface area (Å²) in [4.78, 5) is 17.8. The molecule has 0 fully saturated rings. The van der Waals surface area contributed by atoms with Crippen LogP contribution in [-0.4, -0.2) is 19.6 Å². The largest absolute Gasteiger partial charge is 0.348 e. The molecule has 0 spiro atoms. The fraction of sp³-hybridized carbons (Fsp3) is 0.0588. The summed E-state index contributed by atoms with van der Waals surface area (Å²) in [6.07, 6.45) is 1.77. The van der Waals surface area contributed by atoms with Crippen molar-refractivity contribution >= 4 is 40.0 Å². The second-order valence-electron chi connectivity index (χ2n) is 5.18. The number of fused-ring (bicyclic) bond motifs is 1. The van der Waals surface area contributed by atoms with Crippen LogP contribution in [-0.2, 0) is 6.54 Å². The van der Waals surface area contributed by atoms with Crippen molar-refractivity contribution in [2.75, 3.05) is 0 Å². The zero-order valence-electron chi connectivity index (χ0n) is 12.5. The van der Waals surface area contributed by atoms with E-state index >= 15 is 0 Å². The summed E-state index contributed by atoms with van der Waals surface area (Å²) in [6.45, 7) is 0.451. The molecule has 4 rings (SSSR count). The number of hydrogen-bond acceptors (Lipinski definition) is 6. The van der Waals surface area contributed by atoms with E-state index in [0.717, 1.165) is 38.9 Å². The van der Waals surface area contributed by atoms with Crippen LogP contribution in [0.1, 0.15) is 15.9 Å². The summed E-state index contributed by atoms with van der Waals surface area (Å²) in [7, 11) is 0. The van der Waals surface area contributed by atoms with Gasteiger partial charge in [0.1, 0.15) is 11.0 Å². The highest BCUT2D eigenvalue weighted by Gasteiger charge is 2.09. The number of thiophene rings is 1. The molecule has 118 valence electrons. The van der Waals surface area contributed by atoms with Crippen LogP contribution >= 0.6 is 23.1 Å².